The number of aromatic amines is 1. The predicted molar refractivity (Wildman–Crippen MR) is 50.0 cm³/mol. The van der Waals surface area contributed by atoms with Crippen molar-refractivity contribution >= 4 is 5.95 Å². The first-order valence-corrected chi connectivity index (χ1v) is 4.65. The van der Waals surface area contributed by atoms with E-state index in [4.69, 9.17) is 5.73 Å². The Morgan fingerprint density at radius 1 is 1.54 bits per heavy atom. The van der Waals surface area contributed by atoms with E-state index in [1.54, 1.807) is 0 Å². The molecule has 72 valence electrons. The summed E-state index contributed by atoms with van der Waals surface area (Å²) in [4.78, 5) is 6.44. The Balaban J connectivity index is 2.14. The topological polar surface area (TPSA) is 70.8 Å². The third-order valence-corrected chi connectivity index (χ3v) is 2.59. The summed E-state index contributed by atoms with van der Waals surface area (Å²) in [6.45, 7) is 1.12. The van der Waals surface area contributed by atoms with Crippen molar-refractivity contribution in [2.24, 2.45) is 0 Å². The number of likely N-dealkylation sites (tertiary alicyclic amines) is 1. The number of nitrogens with two attached hydrogens (primary N) is 1. The summed E-state index contributed by atoms with van der Waals surface area (Å²) in [5.41, 5.74) is 5.48. The highest BCUT2D eigenvalue weighted by molar-refractivity contribution is 5.14. The van der Waals surface area contributed by atoms with E-state index in [0.29, 0.717) is 12.0 Å². The van der Waals surface area contributed by atoms with Gasteiger partial charge in [-0.15, -0.1) is 0 Å². The largest absolute Gasteiger partial charge is 0.368 e. The molecule has 0 aliphatic carbocycles. The number of hydrogen-bond acceptors (Lipinski definition) is 4. The van der Waals surface area contributed by atoms with Crippen LogP contribution < -0.4 is 5.73 Å². The maximum Gasteiger partial charge on any atom is 0.216 e. The Labute approximate surface area is 77.3 Å². The standard InChI is InChI=1S/C8H15N5/c1-13-5-3-2-4-6(13)7-10-8(9)12-11-7/h6H,2-5H2,1H3,(H3,9,10,11,12). The minimum absolute atomic E-state index is 0.349. The number of hydrogen-bond donors (Lipinski definition) is 2. The van der Waals surface area contributed by atoms with E-state index in [1.165, 1.54) is 12.8 Å². The molecule has 1 fully saturated rings. The van der Waals surface area contributed by atoms with Crippen molar-refractivity contribution in [1.29, 1.82) is 0 Å². The van der Waals surface area contributed by atoms with E-state index >= 15 is 0 Å². The first-order chi connectivity index (χ1) is 6.27. The molecule has 1 saturated heterocycles. The molecule has 1 aromatic heterocycles. The van der Waals surface area contributed by atoms with Crippen molar-refractivity contribution in [3.05, 3.63) is 5.82 Å². The van der Waals surface area contributed by atoms with Gasteiger partial charge in [-0.3, -0.25) is 4.90 Å². The van der Waals surface area contributed by atoms with Crippen LogP contribution in [-0.4, -0.2) is 33.7 Å². The zero-order valence-corrected chi connectivity index (χ0v) is 7.82. The van der Waals surface area contributed by atoms with Crippen LogP contribution in [0.1, 0.15) is 31.1 Å². The maximum atomic E-state index is 5.48. The molecular formula is C8H15N5. The minimum atomic E-state index is 0.349. The van der Waals surface area contributed by atoms with Crippen molar-refractivity contribution in [3.8, 4) is 0 Å². The summed E-state index contributed by atoms with van der Waals surface area (Å²) in [5, 5.41) is 6.76. The third-order valence-electron chi connectivity index (χ3n) is 2.59. The molecule has 0 spiro atoms. The number of H-pyrrole nitrogens is 1. The van der Waals surface area contributed by atoms with Gasteiger partial charge in [0.15, 0.2) is 5.82 Å². The second-order valence-corrected chi connectivity index (χ2v) is 3.57. The predicted octanol–water partition coefficient (Wildman–Crippen LogP) is 0.544. The highest BCUT2D eigenvalue weighted by atomic mass is 15.3. The molecule has 0 saturated carbocycles. The molecule has 0 bridgehead atoms. The first-order valence-electron chi connectivity index (χ1n) is 4.65. The normalized spacial score (nSPS) is 24.8. The molecule has 5 heteroatoms. The quantitative estimate of drug-likeness (QED) is 0.663. The number of piperidine rings is 1. The summed E-state index contributed by atoms with van der Waals surface area (Å²) >= 11 is 0. The fraction of sp³-hybridized carbons (Fsp3) is 0.750. The summed E-state index contributed by atoms with van der Waals surface area (Å²) in [6.07, 6.45) is 3.66. The Morgan fingerprint density at radius 2 is 2.38 bits per heavy atom. The van der Waals surface area contributed by atoms with Crippen molar-refractivity contribution in [3.63, 3.8) is 0 Å². The van der Waals surface area contributed by atoms with Gasteiger partial charge < -0.3 is 5.73 Å². The van der Waals surface area contributed by atoms with Crippen LogP contribution in [0.2, 0.25) is 0 Å². The monoisotopic (exact) mass is 181 g/mol. The van der Waals surface area contributed by atoms with Gasteiger partial charge in [0.1, 0.15) is 0 Å². The van der Waals surface area contributed by atoms with E-state index in [2.05, 4.69) is 27.1 Å². The lowest BCUT2D eigenvalue weighted by Crippen LogP contribution is -2.30. The van der Waals surface area contributed by atoms with Crippen LogP contribution in [-0.2, 0) is 0 Å². The van der Waals surface area contributed by atoms with Crippen molar-refractivity contribution in [2.45, 2.75) is 25.3 Å². The van der Waals surface area contributed by atoms with Gasteiger partial charge in [-0.05, 0) is 26.4 Å². The van der Waals surface area contributed by atoms with Crippen LogP contribution >= 0.6 is 0 Å². The molecule has 13 heavy (non-hydrogen) atoms. The van der Waals surface area contributed by atoms with E-state index in [0.717, 1.165) is 18.8 Å². The molecular weight excluding hydrogens is 166 g/mol. The van der Waals surface area contributed by atoms with E-state index in [9.17, 15) is 0 Å². The van der Waals surface area contributed by atoms with E-state index in [1.807, 2.05) is 0 Å². The molecule has 1 aromatic rings. The molecule has 5 nitrogen and oxygen atoms in total. The molecule has 3 N–H and O–H groups in total. The number of rotatable bonds is 1. The van der Waals surface area contributed by atoms with Gasteiger partial charge in [0, 0.05) is 0 Å². The van der Waals surface area contributed by atoms with Gasteiger partial charge in [-0.1, -0.05) is 6.42 Å². The Hall–Kier alpha value is -1.10. The Bertz CT molecular complexity index is 282. The van der Waals surface area contributed by atoms with Crippen LogP contribution in [0.4, 0.5) is 5.95 Å². The second kappa shape index (κ2) is 3.33. The highest BCUT2D eigenvalue weighted by Crippen LogP contribution is 2.26. The summed E-state index contributed by atoms with van der Waals surface area (Å²) in [6, 6.07) is 0.349. The maximum absolute atomic E-state index is 5.48. The third kappa shape index (κ3) is 1.65. The fourth-order valence-corrected chi connectivity index (χ4v) is 1.84. The van der Waals surface area contributed by atoms with E-state index in [-0.39, 0.29) is 0 Å². The van der Waals surface area contributed by atoms with Gasteiger partial charge in [0.2, 0.25) is 5.95 Å². The zero-order valence-electron chi connectivity index (χ0n) is 7.82. The fourth-order valence-electron chi connectivity index (χ4n) is 1.84. The van der Waals surface area contributed by atoms with Crippen molar-refractivity contribution in [2.75, 3.05) is 19.3 Å². The van der Waals surface area contributed by atoms with Gasteiger partial charge in [-0.25, -0.2) is 5.10 Å². The van der Waals surface area contributed by atoms with Gasteiger partial charge in [0.25, 0.3) is 0 Å². The summed E-state index contributed by atoms with van der Waals surface area (Å²) in [7, 11) is 2.11. The van der Waals surface area contributed by atoms with E-state index < -0.39 is 0 Å². The molecule has 1 atom stereocenters. The average Bonchev–Trinajstić information content (AvgIpc) is 2.53. The number of nitrogen functional groups attached to an aromatic ring is 1. The molecule has 2 rings (SSSR count). The molecule has 1 aliphatic heterocycles. The number of nitrogens with one attached hydrogen (secondary N) is 1. The van der Waals surface area contributed by atoms with Crippen molar-refractivity contribution in [1.82, 2.24) is 20.1 Å². The van der Waals surface area contributed by atoms with Gasteiger partial charge in [-0.2, -0.15) is 10.1 Å². The molecule has 0 amide bonds. The van der Waals surface area contributed by atoms with Gasteiger partial charge >= 0.3 is 0 Å². The zero-order chi connectivity index (χ0) is 9.26. The summed E-state index contributed by atoms with van der Waals surface area (Å²) < 4.78 is 0. The molecule has 0 radical (unpaired) electrons. The van der Waals surface area contributed by atoms with Gasteiger partial charge in [0.05, 0.1) is 6.04 Å². The van der Waals surface area contributed by atoms with Crippen LogP contribution in [0.25, 0.3) is 0 Å². The molecule has 0 aromatic carbocycles. The van der Waals surface area contributed by atoms with Crippen LogP contribution in [0.15, 0.2) is 0 Å². The van der Waals surface area contributed by atoms with Crippen LogP contribution in [0.3, 0.4) is 0 Å². The number of aromatic nitrogens is 3. The Morgan fingerprint density at radius 3 is 3.00 bits per heavy atom. The second-order valence-electron chi connectivity index (χ2n) is 3.57. The average molecular weight is 181 g/mol. The Kier molecular flexibility index (Phi) is 2.18. The number of anilines is 1. The first kappa shape index (κ1) is 8.50. The lowest BCUT2D eigenvalue weighted by atomic mass is 10.0. The van der Waals surface area contributed by atoms with Crippen molar-refractivity contribution < 1.29 is 0 Å². The lowest BCUT2D eigenvalue weighted by Gasteiger charge is -2.30. The SMILES string of the molecule is CN1CCCCC1c1n[nH]c(N)n1. The smallest absolute Gasteiger partial charge is 0.216 e. The lowest BCUT2D eigenvalue weighted by molar-refractivity contribution is 0.180. The molecule has 1 unspecified atom stereocenters. The number of nitrogens with zero attached hydrogens (tertiary/aromatic N) is 3. The highest BCUT2D eigenvalue weighted by Gasteiger charge is 2.23. The molecule has 1 aliphatic rings. The minimum Gasteiger partial charge on any atom is -0.368 e. The summed E-state index contributed by atoms with van der Waals surface area (Å²) in [5.74, 6) is 1.24. The molecule has 2 heterocycles. The van der Waals surface area contributed by atoms with Crippen LogP contribution in [0, 0.1) is 0 Å². The van der Waals surface area contributed by atoms with Crippen LogP contribution in [0.5, 0.6) is 0 Å².